The van der Waals surface area contributed by atoms with E-state index in [9.17, 15) is 0 Å². The van der Waals surface area contributed by atoms with Gasteiger partial charge in [0.15, 0.2) is 0 Å². The first kappa shape index (κ1) is 13.4. The summed E-state index contributed by atoms with van der Waals surface area (Å²) in [6.07, 6.45) is 4.01. The molecule has 1 fully saturated rings. The van der Waals surface area contributed by atoms with E-state index < -0.39 is 0 Å². The van der Waals surface area contributed by atoms with Gasteiger partial charge in [0, 0.05) is 25.8 Å². The predicted molar refractivity (Wildman–Crippen MR) is 77.9 cm³/mol. The van der Waals surface area contributed by atoms with Gasteiger partial charge in [-0.15, -0.1) is 0 Å². The van der Waals surface area contributed by atoms with Gasteiger partial charge in [-0.2, -0.15) is 0 Å². The summed E-state index contributed by atoms with van der Waals surface area (Å²) < 4.78 is 0. The summed E-state index contributed by atoms with van der Waals surface area (Å²) in [5.74, 6) is 0. The molecular formula is C15H25N3. The van der Waals surface area contributed by atoms with Crippen molar-refractivity contribution in [3.63, 3.8) is 0 Å². The summed E-state index contributed by atoms with van der Waals surface area (Å²) in [6, 6.07) is 8.53. The average Bonchev–Trinajstić information content (AvgIpc) is 2.92. The van der Waals surface area contributed by atoms with E-state index in [1.165, 1.54) is 50.1 Å². The number of likely N-dealkylation sites (tertiary alicyclic amines) is 1. The van der Waals surface area contributed by atoms with E-state index >= 15 is 0 Å². The molecular weight excluding hydrogens is 222 g/mol. The summed E-state index contributed by atoms with van der Waals surface area (Å²) in [7, 11) is 2.17. The molecule has 1 aromatic rings. The molecule has 1 aromatic carbocycles. The van der Waals surface area contributed by atoms with E-state index in [2.05, 4.69) is 41.1 Å². The third-order valence-electron chi connectivity index (χ3n) is 3.75. The van der Waals surface area contributed by atoms with E-state index in [-0.39, 0.29) is 0 Å². The molecule has 0 aliphatic carbocycles. The quantitative estimate of drug-likeness (QED) is 0.835. The number of rotatable bonds is 6. The first-order valence-corrected chi connectivity index (χ1v) is 7.02. The minimum Gasteiger partial charge on any atom is -0.375 e. The molecule has 0 saturated carbocycles. The molecule has 1 aliphatic rings. The molecule has 18 heavy (non-hydrogen) atoms. The molecule has 0 bridgehead atoms. The largest absolute Gasteiger partial charge is 0.375 e. The Labute approximate surface area is 111 Å². The number of nitrogens with zero attached hydrogens (tertiary/aromatic N) is 2. The predicted octanol–water partition coefficient (Wildman–Crippen LogP) is 2.07. The van der Waals surface area contributed by atoms with Crippen molar-refractivity contribution in [2.24, 2.45) is 5.73 Å². The van der Waals surface area contributed by atoms with Gasteiger partial charge in [-0.3, -0.25) is 0 Å². The molecule has 0 unspecified atom stereocenters. The van der Waals surface area contributed by atoms with Crippen molar-refractivity contribution in [3.8, 4) is 0 Å². The Bertz CT molecular complexity index is 359. The fourth-order valence-electron chi connectivity index (χ4n) is 2.59. The molecule has 0 radical (unpaired) electrons. The molecule has 1 aliphatic heterocycles. The van der Waals surface area contributed by atoms with Crippen molar-refractivity contribution in [2.75, 3.05) is 38.1 Å². The van der Waals surface area contributed by atoms with E-state index in [0.29, 0.717) is 6.54 Å². The van der Waals surface area contributed by atoms with Crippen LogP contribution >= 0.6 is 0 Å². The van der Waals surface area contributed by atoms with Crippen molar-refractivity contribution in [1.82, 2.24) is 4.90 Å². The van der Waals surface area contributed by atoms with Gasteiger partial charge in [0.25, 0.3) is 0 Å². The maximum Gasteiger partial charge on any atom is 0.0366 e. The normalized spacial score (nSPS) is 16.1. The molecule has 2 N–H and O–H groups in total. The summed E-state index contributed by atoms with van der Waals surface area (Å²) in [5, 5.41) is 0. The Kier molecular flexibility index (Phi) is 5.02. The SMILES string of the molecule is CN(CCCN1CCCC1)c1cccc(CN)c1. The molecule has 1 heterocycles. The van der Waals surface area contributed by atoms with Gasteiger partial charge in [0.1, 0.15) is 0 Å². The molecule has 3 heteroatoms. The van der Waals surface area contributed by atoms with Crippen LogP contribution in [0.15, 0.2) is 24.3 Å². The highest BCUT2D eigenvalue weighted by molar-refractivity contribution is 5.47. The lowest BCUT2D eigenvalue weighted by Crippen LogP contribution is -2.26. The average molecular weight is 247 g/mol. The molecule has 3 nitrogen and oxygen atoms in total. The second-order valence-electron chi connectivity index (χ2n) is 5.20. The van der Waals surface area contributed by atoms with Gasteiger partial charge in [-0.05, 0) is 56.6 Å². The smallest absolute Gasteiger partial charge is 0.0366 e. The monoisotopic (exact) mass is 247 g/mol. The highest BCUT2D eigenvalue weighted by Crippen LogP contribution is 2.15. The summed E-state index contributed by atoms with van der Waals surface area (Å²) in [4.78, 5) is 4.90. The fourth-order valence-corrected chi connectivity index (χ4v) is 2.59. The third kappa shape index (κ3) is 3.72. The van der Waals surface area contributed by atoms with E-state index in [4.69, 9.17) is 5.73 Å². The standard InChI is InChI=1S/C15H25N3/c1-17(8-5-11-18-9-2-3-10-18)15-7-4-6-14(12-15)13-16/h4,6-7,12H,2-3,5,8-11,13,16H2,1H3. The van der Waals surface area contributed by atoms with Crippen molar-refractivity contribution in [1.29, 1.82) is 0 Å². The molecule has 0 spiro atoms. The maximum atomic E-state index is 5.68. The first-order chi connectivity index (χ1) is 8.79. The van der Waals surface area contributed by atoms with Crippen LogP contribution in [0.2, 0.25) is 0 Å². The number of anilines is 1. The lowest BCUT2D eigenvalue weighted by Gasteiger charge is -2.22. The number of hydrogen-bond acceptors (Lipinski definition) is 3. The second kappa shape index (κ2) is 6.76. The van der Waals surface area contributed by atoms with E-state index in [1.54, 1.807) is 0 Å². The van der Waals surface area contributed by atoms with Crippen LogP contribution in [0.5, 0.6) is 0 Å². The van der Waals surface area contributed by atoms with Gasteiger partial charge in [0.2, 0.25) is 0 Å². The third-order valence-corrected chi connectivity index (χ3v) is 3.75. The van der Waals surface area contributed by atoms with Crippen molar-refractivity contribution >= 4 is 5.69 Å². The number of benzene rings is 1. The van der Waals surface area contributed by atoms with Crippen LogP contribution in [0.4, 0.5) is 5.69 Å². The summed E-state index contributed by atoms with van der Waals surface area (Å²) >= 11 is 0. The molecule has 0 aromatic heterocycles. The first-order valence-electron chi connectivity index (χ1n) is 7.02. The molecule has 0 amide bonds. The Hall–Kier alpha value is -1.06. The zero-order valence-electron chi connectivity index (χ0n) is 11.4. The number of nitrogens with two attached hydrogens (primary N) is 1. The Morgan fingerprint density at radius 2 is 2.06 bits per heavy atom. The highest BCUT2D eigenvalue weighted by Gasteiger charge is 2.10. The topological polar surface area (TPSA) is 32.5 Å². The van der Waals surface area contributed by atoms with Crippen LogP contribution < -0.4 is 10.6 Å². The van der Waals surface area contributed by atoms with Crippen LogP contribution in [0.25, 0.3) is 0 Å². The van der Waals surface area contributed by atoms with Gasteiger partial charge >= 0.3 is 0 Å². The summed E-state index contributed by atoms with van der Waals surface area (Å²) in [6.45, 7) is 5.57. The molecule has 2 rings (SSSR count). The van der Waals surface area contributed by atoms with Crippen molar-refractivity contribution in [2.45, 2.75) is 25.8 Å². The zero-order chi connectivity index (χ0) is 12.8. The maximum absolute atomic E-state index is 5.68. The van der Waals surface area contributed by atoms with Gasteiger partial charge in [-0.25, -0.2) is 0 Å². The van der Waals surface area contributed by atoms with Crippen molar-refractivity contribution in [3.05, 3.63) is 29.8 Å². The highest BCUT2D eigenvalue weighted by atomic mass is 15.1. The minimum absolute atomic E-state index is 0.620. The van der Waals surface area contributed by atoms with Crippen LogP contribution in [-0.4, -0.2) is 38.1 Å². The molecule has 100 valence electrons. The van der Waals surface area contributed by atoms with Crippen molar-refractivity contribution < 1.29 is 0 Å². The number of hydrogen-bond donors (Lipinski definition) is 1. The van der Waals surface area contributed by atoms with Gasteiger partial charge < -0.3 is 15.5 Å². The molecule has 1 saturated heterocycles. The minimum atomic E-state index is 0.620. The Morgan fingerprint density at radius 3 is 2.78 bits per heavy atom. The van der Waals surface area contributed by atoms with Gasteiger partial charge in [-0.1, -0.05) is 12.1 Å². The van der Waals surface area contributed by atoms with E-state index in [0.717, 1.165) is 6.54 Å². The summed E-state index contributed by atoms with van der Waals surface area (Å²) in [5.41, 5.74) is 8.16. The van der Waals surface area contributed by atoms with Gasteiger partial charge in [0.05, 0.1) is 0 Å². The fraction of sp³-hybridized carbons (Fsp3) is 0.600. The second-order valence-corrected chi connectivity index (χ2v) is 5.20. The molecule has 0 atom stereocenters. The lowest BCUT2D eigenvalue weighted by atomic mass is 10.2. The van der Waals surface area contributed by atoms with Crippen LogP contribution in [0.1, 0.15) is 24.8 Å². The van der Waals surface area contributed by atoms with Crippen LogP contribution in [-0.2, 0) is 6.54 Å². The Balaban J connectivity index is 1.77. The Morgan fingerprint density at radius 1 is 1.28 bits per heavy atom. The lowest BCUT2D eigenvalue weighted by molar-refractivity contribution is 0.335. The van der Waals surface area contributed by atoms with Crippen LogP contribution in [0.3, 0.4) is 0 Å². The van der Waals surface area contributed by atoms with Crippen LogP contribution in [0, 0.1) is 0 Å². The zero-order valence-corrected chi connectivity index (χ0v) is 11.4. The van der Waals surface area contributed by atoms with E-state index in [1.807, 2.05) is 0 Å².